The first-order valence-electron chi connectivity index (χ1n) is 10.1. The fourth-order valence-corrected chi connectivity index (χ4v) is 2.41. The summed E-state index contributed by atoms with van der Waals surface area (Å²) in [7, 11) is 0. The lowest BCUT2D eigenvalue weighted by Crippen LogP contribution is -1.82. The van der Waals surface area contributed by atoms with Gasteiger partial charge < -0.3 is 0 Å². The van der Waals surface area contributed by atoms with Gasteiger partial charge in [0.2, 0.25) is 0 Å². The van der Waals surface area contributed by atoms with Gasteiger partial charge in [-0.15, -0.1) is 0 Å². The third-order valence-corrected chi connectivity index (χ3v) is 4.07. The van der Waals surface area contributed by atoms with Crippen LogP contribution in [0.15, 0.2) is 48.8 Å². The van der Waals surface area contributed by atoms with Crippen molar-refractivity contribution in [2.75, 3.05) is 0 Å². The molecule has 0 aliphatic carbocycles. The Bertz CT molecular complexity index is 802. The highest BCUT2D eigenvalue weighted by atomic mass is 14.7. The Morgan fingerprint density at radius 2 is 1.18 bits per heavy atom. The van der Waals surface area contributed by atoms with Crippen LogP contribution in [0.4, 0.5) is 0 Å². The summed E-state index contributed by atoms with van der Waals surface area (Å²) in [5.41, 5.74) is 3.65. The minimum Gasteiger partial charge on any atom is -0.256 e. The maximum Gasteiger partial charge on any atom is 0.0627 e. The first-order chi connectivity index (χ1) is 13.8. The zero-order valence-electron chi connectivity index (χ0n) is 16.9. The van der Waals surface area contributed by atoms with Crippen molar-refractivity contribution in [2.45, 2.75) is 52.4 Å². The predicted octanol–water partition coefficient (Wildman–Crippen LogP) is 6.29. The topological polar surface area (TPSA) is 25.8 Å². The van der Waals surface area contributed by atoms with Gasteiger partial charge >= 0.3 is 0 Å². The number of hydrogen-bond acceptors (Lipinski definition) is 2. The highest BCUT2D eigenvalue weighted by Gasteiger charge is 1.91. The minimum atomic E-state index is 0.866. The number of unbranched alkanes of at least 4 members (excludes halogenated alkanes) is 4. The summed E-state index contributed by atoms with van der Waals surface area (Å²) in [6, 6.07) is 7.91. The van der Waals surface area contributed by atoms with Crippen molar-refractivity contribution in [3.05, 3.63) is 71.3 Å². The van der Waals surface area contributed by atoms with Crippen LogP contribution in [-0.4, -0.2) is 9.97 Å². The van der Waals surface area contributed by atoms with Gasteiger partial charge in [0.05, 0.1) is 11.4 Å². The molecule has 0 amide bonds. The molecule has 0 N–H and O–H groups in total. The van der Waals surface area contributed by atoms with E-state index in [2.05, 4.69) is 71.8 Å². The van der Waals surface area contributed by atoms with Crippen molar-refractivity contribution < 1.29 is 0 Å². The Hall–Kier alpha value is -3.10. The molecule has 0 aliphatic rings. The molecule has 0 radical (unpaired) electrons. The van der Waals surface area contributed by atoms with Gasteiger partial charge in [-0.1, -0.05) is 63.5 Å². The van der Waals surface area contributed by atoms with Crippen LogP contribution in [0, 0.1) is 23.7 Å². The van der Waals surface area contributed by atoms with Crippen LogP contribution in [-0.2, 0) is 0 Å². The number of nitrogens with zero attached hydrogens (tertiary/aromatic N) is 2. The van der Waals surface area contributed by atoms with E-state index >= 15 is 0 Å². The Morgan fingerprint density at radius 3 is 1.54 bits per heavy atom. The standard InChI is InChI=1S/C26H28N2/c1-3-5-7-9-15-25-19-17-23(21-27-25)13-11-12-14-24-18-20-26(28-22-24)16-10-8-6-4-2/h9-10,15-22H,3-8H2,1-2H3/b15-9+,16-10+. The molecule has 0 saturated heterocycles. The number of pyridine rings is 2. The van der Waals surface area contributed by atoms with Crippen LogP contribution in [0.2, 0.25) is 0 Å². The van der Waals surface area contributed by atoms with E-state index in [1.54, 1.807) is 12.4 Å². The quantitative estimate of drug-likeness (QED) is 0.404. The molecule has 2 heterocycles. The summed E-state index contributed by atoms with van der Waals surface area (Å²) < 4.78 is 0. The van der Waals surface area contributed by atoms with Crippen molar-refractivity contribution in [3.8, 4) is 23.7 Å². The van der Waals surface area contributed by atoms with Crippen molar-refractivity contribution >= 4 is 12.2 Å². The van der Waals surface area contributed by atoms with Crippen LogP contribution in [0.1, 0.15) is 74.9 Å². The van der Waals surface area contributed by atoms with E-state index in [1.807, 2.05) is 24.3 Å². The lowest BCUT2D eigenvalue weighted by atomic mass is 10.2. The average Bonchev–Trinajstić information content (AvgIpc) is 2.74. The summed E-state index contributed by atoms with van der Waals surface area (Å²) >= 11 is 0. The van der Waals surface area contributed by atoms with E-state index in [9.17, 15) is 0 Å². The molecular weight excluding hydrogens is 340 g/mol. The van der Waals surface area contributed by atoms with Crippen LogP contribution in [0.25, 0.3) is 12.2 Å². The van der Waals surface area contributed by atoms with Gasteiger partial charge in [0, 0.05) is 23.5 Å². The van der Waals surface area contributed by atoms with Crippen molar-refractivity contribution in [1.82, 2.24) is 9.97 Å². The molecule has 28 heavy (non-hydrogen) atoms. The maximum absolute atomic E-state index is 4.40. The highest BCUT2D eigenvalue weighted by Crippen LogP contribution is 2.05. The molecule has 0 spiro atoms. The van der Waals surface area contributed by atoms with E-state index in [4.69, 9.17) is 0 Å². The average molecular weight is 369 g/mol. The van der Waals surface area contributed by atoms with Gasteiger partial charge in [-0.25, -0.2) is 0 Å². The smallest absolute Gasteiger partial charge is 0.0627 e. The molecule has 0 fully saturated rings. The number of rotatable bonds is 8. The third kappa shape index (κ3) is 8.52. The summed E-state index contributed by atoms with van der Waals surface area (Å²) in [5, 5.41) is 0. The lowest BCUT2D eigenvalue weighted by Gasteiger charge is -1.94. The minimum absolute atomic E-state index is 0.866. The van der Waals surface area contributed by atoms with E-state index in [1.165, 1.54) is 25.7 Å². The second-order valence-corrected chi connectivity index (χ2v) is 6.53. The van der Waals surface area contributed by atoms with Crippen molar-refractivity contribution in [1.29, 1.82) is 0 Å². The zero-order valence-corrected chi connectivity index (χ0v) is 16.9. The molecule has 0 atom stereocenters. The fourth-order valence-electron chi connectivity index (χ4n) is 2.41. The maximum atomic E-state index is 4.40. The Labute approximate surface area is 169 Å². The van der Waals surface area contributed by atoms with Gasteiger partial charge in [0.1, 0.15) is 0 Å². The number of hydrogen-bond donors (Lipinski definition) is 0. The molecule has 0 unspecified atom stereocenters. The summed E-state index contributed by atoms with van der Waals surface area (Å²) in [6.45, 7) is 4.39. The molecule has 2 nitrogen and oxygen atoms in total. The molecule has 0 saturated carbocycles. The van der Waals surface area contributed by atoms with Crippen LogP contribution in [0.3, 0.4) is 0 Å². The number of allylic oxidation sites excluding steroid dienone is 2. The van der Waals surface area contributed by atoms with Gasteiger partial charge in [-0.3, -0.25) is 9.97 Å². The van der Waals surface area contributed by atoms with E-state index < -0.39 is 0 Å². The van der Waals surface area contributed by atoms with E-state index in [0.29, 0.717) is 0 Å². The Morgan fingerprint density at radius 1 is 0.714 bits per heavy atom. The molecule has 2 heteroatoms. The number of aromatic nitrogens is 2. The van der Waals surface area contributed by atoms with Crippen molar-refractivity contribution in [2.24, 2.45) is 0 Å². The van der Waals surface area contributed by atoms with E-state index in [-0.39, 0.29) is 0 Å². The lowest BCUT2D eigenvalue weighted by molar-refractivity contribution is 0.816. The summed E-state index contributed by atoms with van der Waals surface area (Å²) in [4.78, 5) is 8.81. The van der Waals surface area contributed by atoms with Crippen LogP contribution in [0.5, 0.6) is 0 Å². The van der Waals surface area contributed by atoms with Crippen LogP contribution < -0.4 is 0 Å². The Kier molecular flexibility index (Phi) is 9.94. The fraction of sp³-hybridized carbons (Fsp3) is 0.308. The Balaban J connectivity index is 1.88. The summed E-state index contributed by atoms with van der Waals surface area (Å²) in [6.07, 6.45) is 19.1. The van der Waals surface area contributed by atoms with E-state index in [0.717, 1.165) is 35.4 Å². The predicted molar refractivity (Wildman–Crippen MR) is 119 cm³/mol. The molecule has 0 bridgehead atoms. The second-order valence-electron chi connectivity index (χ2n) is 6.53. The molecule has 2 aromatic heterocycles. The normalized spacial score (nSPS) is 10.5. The highest BCUT2D eigenvalue weighted by molar-refractivity contribution is 5.49. The van der Waals surface area contributed by atoms with Gasteiger partial charge in [0.15, 0.2) is 0 Å². The molecule has 2 aromatic rings. The van der Waals surface area contributed by atoms with Crippen LogP contribution >= 0.6 is 0 Å². The monoisotopic (exact) mass is 368 g/mol. The van der Waals surface area contributed by atoms with Gasteiger partial charge in [0.25, 0.3) is 0 Å². The molecule has 2 rings (SSSR count). The van der Waals surface area contributed by atoms with Gasteiger partial charge in [-0.05, 0) is 61.1 Å². The SMILES string of the molecule is CCCC/C=C/c1ccc(C#CC#Cc2ccc(/C=C/CCCC)nc2)cn1. The molecule has 0 aliphatic heterocycles. The summed E-state index contributed by atoms with van der Waals surface area (Å²) in [5.74, 6) is 11.8. The van der Waals surface area contributed by atoms with Crippen molar-refractivity contribution in [3.63, 3.8) is 0 Å². The zero-order chi connectivity index (χ0) is 19.9. The molecular formula is C26H28N2. The molecule has 0 aromatic carbocycles. The second kappa shape index (κ2) is 13.1. The first-order valence-corrected chi connectivity index (χ1v) is 10.1. The van der Waals surface area contributed by atoms with Gasteiger partial charge in [-0.2, -0.15) is 0 Å². The third-order valence-electron chi connectivity index (χ3n) is 4.07. The molecule has 142 valence electrons. The largest absolute Gasteiger partial charge is 0.256 e. The first kappa shape index (κ1) is 21.2.